The number of aliphatic hydroxyl groups excluding tert-OH is 1. The Morgan fingerprint density at radius 1 is 1.29 bits per heavy atom. The Morgan fingerprint density at radius 2 is 2.00 bits per heavy atom. The van der Waals surface area contributed by atoms with Crippen molar-refractivity contribution in [2.24, 2.45) is 0 Å². The fourth-order valence-electron chi connectivity index (χ4n) is 2.17. The zero-order chi connectivity index (χ0) is 17.1. The lowest BCUT2D eigenvalue weighted by molar-refractivity contribution is -0.136. The van der Waals surface area contributed by atoms with E-state index < -0.39 is 17.9 Å². The average molecular weight is 330 g/mol. The Labute approximate surface area is 138 Å². The fraction of sp³-hybridized carbons (Fsp3) is 0.400. The highest BCUT2D eigenvalue weighted by atomic mass is 16.3. The number of hydrogen-bond acceptors (Lipinski definition) is 6. The van der Waals surface area contributed by atoms with Crippen molar-refractivity contribution in [2.45, 2.75) is 31.8 Å². The van der Waals surface area contributed by atoms with E-state index in [9.17, 15) is 9.59 Å². The number of aromatic nitrogens is 4. The van der Waals surface area contributed by atoms with Crippen molar-refractivity contribution in [1.82, 2.24) is 25.5 Å². The summed E-state index contributed by atoms with van der Waals surface area (Å²) in [7, 11) is 0. The van der Waals surface area contributed by atoms with E-state index in [0.717, 1.165) is 18.4 Å². The molecule has 0 radical (unpaired) electrons. The van der Waals surface area contributed by atoms with Crippen LogP contribution in [-0.4, -0.2) is 49.8 Å². The average Bonchev–Trinajstić information content (AvgIpc) is 3.32. The molecular formula is C15H18N6O3. The summed E-state index contributed by atoms with van der Waals surface area (Å²) in [6.07, 6.45) is 2.15. The lowest BCUT2D eigenvalue weighted by Gasteiger charge is -2.11. The van der Waals surface area contributed by atoms with E-state index in [0.29, 0.717) is 17.6 Å². The van der Waals surface area contributed by atoms with E-state index >= 15 is 0 Å². The van der Waals surface area contributed by atoms with Crippen LogP contribution in [0.3, 0.4) is 0 Å². The van der Waals surface area contributed by atoms with Gasteiger partial charge >= 0.3 is 11.8 Å². The molecular weight excluding hydrogens is 312 g/mol. The minimum atomic E-state index is -0.793. The predicted molar refractivity (Wildman–Crippen MR) is 84.8 cm³/mol. The van der Waals surface area contributed by atoms with Gasteiger partial charge in [-0.2, -0.15) is 0 Å². The molecule has 9 nitrogen and oxygen atoms in total. The first-order valence-corrected chi connectivity index (χ1v) is 7.69. The van der Waals surface area contributed by atoms with E-state index in [2.05, 4.69) is 26.2 Å². The molecule has 0 spiro atoms. The molecule has 2 aromatic rings. The van der Waals surface area contributed by atoms with Crippen molar-refractivity contribution in [3.8, 4) is 11.4 Å². The maximum absolute atomic E-state index is 11.8. The smallest absolute Gasteiger partial charge is 0.313 e. The molecule has 1 atom stereocenters. The summed E-state index contributed by atoms with van der Waals surface area (Å²) < 4.78 is 1.80. The lowest BCUT2D eigenvalue weighted by atomic mass is 10.2. The van der Waals surface area contributed by atoms with Gasteiger partial charge in [-0.25, -0.2) is 4.68 Å². The van der Waals surface area contributed by atoms with Crippen molar-refractivity contribution < 1.29 is 14.7 Å². The molecule has 9 heteroatoms. The first kappa shape index (κ1) is 16.1. The van der Waals surface area contributed by atoms with Gasteiger partial charge in [-0.15, -0.1) is 5.10 Å². The van der Waals surface area contributed by atoms with Crippen molar-refractivity contribution in [3.05, 3.63) is 24.3 Å². The van der Waals surface area contributed by atoms with Gasteiger partial charge in [-0.1, -0.05) is 0 Å². The molecule has 0 aliphatic heterocycles. The quantitative estimate of drug-likeness (QED) is 0.669. The maximum Gasteiger partial charge on any atom is 0.313 e. The normalized spacial score (nSPS) is 14.9. The first-order chi connectivity index (χ1) is 11.6. The van der Waals surface area contributed by atoms with Crippen LogP contribution in [0.4, 0.5) is 5.69 Å². The topological polar surface area (TPSA) is 122 Å². The molecule has 1 aromatic carbocycles. The van der Waals surface area contributed by atoms with Crippen LogP contribution in [0.5, 0.6) is 0 Å². The van der Waals surface area contributed by atoms with Gasteiger partial charge in [-0.05, 0) is 54.5 Å². The minimum Gasteiger partial charge on any atom is -0.394 e. The molecule has 3 rings (SSSR count). The van der Waals surface area contributed by atoms with E-state index in [1.807, 2.05) is 0 Å². The van der Waals surface area contributed by atoms with Crippen LogP contribution < -0.4 is 10.6 Å². The number of carbonyl (C=O) groups is 2. The monoisotopic (exact) mass is 330 g/mol. The number of anilines is 1. The lowest BCUT2D eigenvalue weighted by Crippen LogP contribution is -2.42. The number of nitrogens with zero attached hydrogens (tertiary/aromatic N) is 4. The molecule has 126 valence electrons. The first-order valence-electron chi connectivity index (χ1n) is 7.69. The third kappa shape index (κ3) is 3.57. The largest absolute Gasteiger partial charge is 0.394 e. The second kappa shape index (κ2) is 6.75. The van der Waals surface area contributed by atoms with Gasteiger partial charge in [-0.3, -0.25) is 9.59 Å². The summed E-state index contributed by atoms with van der Waals surface area (Å²) in [6, 6.07) is 6.82. The highest BCUT2D eigenvalue weighted by Gasteiger charge is 2.28. The Bertz CT molecular complexity index is 738. The Hall–Kier alpha value is -2.81. The van der Waals surface area contributed by atoms with Crippen molar-refractivity contribution in [1.29, 1.82) is 0 Å². The number of tetrazole rings is 1. The predicted octanol–water partition coefficient (Wildman–Crippen LogP) is 0.110. The maximum atomic E-state index is 11.8. The molecule has 0 saturated heterocycles. The van der Waals surface area contributed by atoms with E-state index in [1.165, 1.54) is 0 Å². The van der Waals surface area contributed by atoms with E-state index in [1.54, 1.807) is 35.9 Å². The molecule has 0 bridgehead atoms. The number of carbonyl (C=O) groups excluding carboxylic acids is 2. The van der Waals surface area contributed by atoms with Crippen molar-refractivity contribution >= 4 is 17.5 Å². The Balaban J connectivity index is 1.65. The number of hydrogen-bond donors (Lipinski definition) is 3. The summed E-state index contributed by atoms with van der Waals surface area (Å²) in [4.78, 5) is 23.4. The van der Waals surface area contributed by atoms with E-state index in [4.69, 9.17) is 5.11 Å². The van der Waals surface area contributed by atoms with Gasteiger partial charge in [0.1, 0.15) is 0 Å². The van der Waals surface area contributed by atoms with Gasteiger partial charge in [0.15, 0.2) is 5.82 Å². The van der Waals surface area contributed by atoms with Crippen molar-refractivity contribution in [2.75, 3.05) is 11.9 Å². The number of benzene rings is 1. The van der Waals surface area contributed by atoms with Gasteiger partial charge in [0, 0.05) is 17.3 Å². The van der Waals surface area contributed by atoms with Gasteiger partial charge < -0.3 is 15.7 Å². The number of rotatable bonds is 5. The van der Waals surface area contributed by atoms with Gasteiger partial charge in [0.2, 0.25) is 0 Å². The molecule has 1 aliphatic rings. The second-order valence-electron chi connectivity index (χ2n) is 5.77. The standard InChI is InChI=1S/C15H18N6O3/c1-9(8-22)16-14(23)15(24)17-11-4-2-10(3-5-11)13-18-19-20-21(13)12-6-7-12/h2-5,9,12,22H,6-8H2,1H3,(H,16,23)(H,17,24)/t9-/m0/s1. The highest BCUT2D eigenvalue weighted by Crippen LogP contribution is 2.36. The molecule has 1 aromatic heterocycles. The summed E-state index contributed by atoms with van der Waals surface area (Å²) in [6.45, 7) is 1.37. The van der Waals surface area contributed by atoms with Crippen LogP contribution in [0.2, 0.25) is 0 Å². The third-order valence-electron chi connectivity index (χ3n) is 3.64. The Kier molecular flexibility index (Phi) is 4.52. The van der Waals surface area contributed by atoms with Gasteiger partial charge in [0.25, 0.3) is 0 Å². The molecule has 1 saturated carbocycles. The number of aliphatic hydroxyl groups is 1. The minimum absolute atomic E-state index is 0.233. The SMILES string of the molecule is C[C@@H](CO)NC(=O)C(=O)Nc1ccc(-c2nnnn2C2CC2)cc1. The molecule has 1 fully saturated rings. The van der Waals surface area contributed by atoms with Crippen LogP contribution in [0.1, 0.15) is 25.8 Å². The van der Waals surface area contributed by atoms with Crippen LogP contribution in [0.25, 0.3) is 11.4 Å². The van der Waals surface area contributed by atoms with Crippen LogP contribution in [0.15, 0.2) is 24.3 Å². The van der Waals surface area contributed by atoms with Gasteiger partial charge in [0.05, 0.1) is 12.6 Å². The molecule has 1 aliphatic carbocycles. The summed E-state index contributed by atoms with van der Waals surface area (Å²) in [5, 5.41) is 25.5. The summed E-state index contributed by atoms with van der Waals surface area (Å²) in [5.74, 6) is -0.894. The zero-order valence-electron chi connectivity index (χ0n) is 13.1. The van der Waals surface area contributed by atoms with Crippen molar-refractivity contribution in [3.63, 3.8) is 0 Å². The van der Waals surface area contributed by atoms with Crippen LogP contribution in [0, 0.1) is 0 Å². The zero-order valence-corrected chi connectivity index (χ0v) is 13.1. The molecule has 24 heavy (non-hydrogen) atoms. The highest BCUT2D eigenvalue weighted by molar-refractivity contribution is 6.39. The molecule has 2 amide bonds. The van der Waals surface area contributed by atoms with E-state index in [-0.39, 0.29) is 6.61 Å². The Morgan fingerprint density at radius 3 is 2.62 bits per heavy atom. The number of amides is 2. The summed E-state index contributed by atoms with van der Waals surface area (Å²) in [5.41, 5.74) is 1.32. The number of nitrogens with one attached hydrogen (secondary N) is 2. The van der Waals surface area contributed by atoms with Crippen LogP contribution >= 0.6 is 0 Å². The molecule has 1 heterocycles. The molecule has 0 unspecified atom stereocenters. The second-order valence-corrected chi connectivity index (χ2v) is 5.77. The fourth-order valence-corrected chi connectivity index (χ4v) is 2.17. The van der Waals surface area contributed by atoms with Crippen LogP contribution in [-0.2, 0) is 9.59 Å². The molecule has 3 N–H and O–H groups in total. The summed E-state index contributed by atoms with van der Waals surface area (Å²) >= 11 is 0. The third-order valence-corrected chi connectivity index (χ3v) is 3.64.